The Labute approximate surface area is 70.7 Å². The lowest BCUT2D eigenvalue weighted by molar-refractivity contribution is 0.170. The predicted molar refractivity (Wildman–Crippen MR) is 47.7 cm³/mol. The van der Waals surface area contributed by atoms with E-state index < -0.39 is 0 Å². The third-order valence-electron chi connectivity index (χ3n) is 1.69. The first-order valence-electron chi connectivity index (χ1n) is 3.66. The molecule has 1 rings (SSSR count). The first-order chi connectivity index (χ1) is 5.25. The molecule has 0 spiro atoms. The van der Waals surface area contributed by atoms with Crippen LogP contribution in [0.1, 0.15) is 23.7 Å². The number of aliphatic hydroxyl groups excluding tert-OH is 1. The smallest absolute Gasteiger partial charge is 0.0812 e. The van der Waals surface area contributed by atoms with Crippen LogP contribution >= 0.6 is 11.3 Å². The second kappa shape index (κ2) is 3.85. The van der Waals surface area contributed by atoms with Crippen molar-refractivity contribution < 1.29 is 5.11 Å². The van der Waals surface area contributed by atoms with Gasteiger partial charge in [0.25, 0.3) is 0 Å². The monoisotopic (exact) mass is 171 g/mol. The van der Waals surface area contributed by atoms with Gasteiger partial charge in [-0.05, 0) is 41.8 Å². The Balaban J connectivity index is 2.67. The Morgan fingerprint density at radius 3 is 2.82 bits per heavy atom. The average Bonchev–Trinajstić information content (AvgIpc) is 2.36. The van der Waals surface area contributed by atoms with Crippen molar-refractivity contribution in [1.29, 1.82) is 0 Å². The maximum atomic E-state index is 9.52. The predicted octanol–water partition coefficient (Wildman–Crippen LogP) is 1.44. The average molecular weight is 171 g/mol. The Morgan fingerprint density at radius 2 is 2.36 bits per heavy atom. The van der Waals surface area contributed by atoms with Crippen LogP contribution in [0.4, 0.5) is 0 Å². The normalized spacial score (nSPS) is 13.4. The lowest BCUT2D eigenvalue weighted by Crippen LogP contribution is -2.06. The number of hydrogen-bond acceptors (Lipinski definition) is 3. The van der Waals surface area contributed by atoms with Crippen LogP contribution in [0.5, 0.6) is 0 Å². The summed E-state index contributed by atoms with van der Waals surface area (Å²) in [6.07, 6.45) is 0.281. The van der Waals surface area contributed by atoms with E-state index in [9.17, 15) is 5.11 Å². The van der Waals surface area contributed by atoms with Crippen molar-refractivity contribution in [2.45, 2.75) is 19.4 Å². The van der Waals surface area contributed by atoms with Crippen LogP contribution < -0.4 is 5.73 Å². The summed E-state index contributed by atoms with van der Waals surface area (Å²) in [7, 11) is 0. The SMILES string of the molecule is Cc1cscc1C(O)CCN. The lowest BCUT2D eigenvalue weighted by Gasteiger charge is -2.07. The van der Waals surface area contributed by atoms with E-state index >= 15 is 0 Å². The highest BCUT2D eigenvalue weighted by molar-refractivity contribution is 7.08. The van der Waals surface area contributed by atoms with Crippen LogP contribution in [0.3, 0.4) is 0 Å². The van der Waals surface area contributed by atoms with E-state index in [4.69, 9.17) is 5.73 Å². The summed E-state index contributed by atoms with van der Waals surface area (Å²) in [6.45, 7) is 2.54. The molecule has 3 N–H and O–H groups in total. The van der Waals surface area contributed by atoms with Gasteiger partial charge in [0.1, 0.15) is 0 Å². The summed E-state index contributed by atoms with van der Waals surface area (Å²) in [5, 5.41) is 13.5. The van der Waals surface area contributed by atoms with Gasteiger partial charge in [-0.2, -0.15) is 11.3 Å². The number of aryl methyl sites for hydroxylation is 1. The van der Waals surface area contributed by atoms with Crippen molar-refractivity contribution in [3.05, 3.63) is 21.9 Å². The Kier molecular flexibility index (Phi) is 3.05. The van der Waals surface area contributed by atoms with Gasteiger partial charge in [-0.3, -0.25) is 0 Å². The molecule has 1 aromatic rings. The first kappa shape index (κ1) is 8.71. The largest absolute Gasteiger partial charge is 0.388 e. The molecule has 0 radical (unpaired) electrons. The summed E-state index contributed by atoms with van der Waals surface area (Å²) in [6, 6.07) is 0. The summed E-state index contributed by atoms with van der Waals surface area (Å²) in [4.78, 5) is 0. The molecule has 0 saturated carbocycles. The first-order valence-corrected chi connectivity index (χ1v) is 4.60. The maximum Gasteiger partial charge on any atom is 0.0812 e. The maximum absolute atomic E-state index is 9.52. The second-order valence-electron chi connectivity index (χ2n) is 2.60. The van der Waals surface area contributed by atoms with Crippen LogP contribution in [-0.2, 0) is 0 Å². The van der Waals surface area contributed by atoms with E-state index in [1.165, 1.54) is 0 Å². The summed E-state index contributed by atoms with van der Waals surface area (Å²) in [5.74, 6) is 0. The highest BCUT2D eigenvalue weighted by Gasteiger charge is 2.09. The number of nitrogens with two attached hydrogens (primary N) is 1. The molecule has 0 aliphatic heterocycles. The highest BCUT2D eigenvalue weighted by Crippen LogP contribution is 2.23. The van der Waals surface area contributed by atoms with Gasteiger partial charge in [-0.1, -0.05) is 0 Å². The Morgan fingerprint density at radius 1 is 1.64 bits per heavy atom. The summed E-state index contributed by atoms with van der Waals surface area (Å²) in [5.41, 5.74) is 7.52. The topological polar surface area (TPSA) is 46.2 Å². The number of hydrogen-bond donors (Lipinski definition) is 2. The zero-order valence-electron chi connectivity index (χ0n) is 6.58. The molecule has 3 heteroatoms. The molecule has 1 unspecified atom stereocenters. The van der Waals surface area contributed by atoms with E-state index in [0.29, 0.717) is 13.0 Å². The quantitative estimate of drug-likeness (QED) is 0.723. The molecular formula is C8H13NOS. The van der Waals surface area contributed by atoms with Crippen molar-refractivity contribution in [3.8, 4) is 0 Å². The van der Waals surface area contributed by atoms with Crippen LogP contribution in [0, 0.1) is 6.92 Å². The molecule has 1 heterocycles. The molecule has 0 saturated heterocycles. The lowest BCUT2D eigenvalue weighted by atomic mass is 10.1. The third kappa shape index (κ3) is 2.02. The minimum Gasteiger partial charge on any atom is -0.388 e. The molecule has 0 bridgehead atoms. The van der Waals surface area contributed by atoms with Gasteiger partial charge in [0.2, 0.25) is 0 Å². The van der Waals surface area contributed by atoms with E-state index in [1.54, 1.807) is 11.3 Å². The molecule has 62 valence electrons. The molecule has 11 heavy (non-hydrogen) atoms. The van der Waals surface area contributed by atoms with Crippen LogP contribution in [0.15, 0.2) is 10.8 Å². The molecule has 0 amide bonds. The summed E-state index contributed by atoms with van der Waals surface area (Å²) >= 11 is 1.62. The van der Waals surface area contributed by atoms with Crippen LogP contribution in [0.25, 0.3) is 0 Å². The van der Waals surface area contributed by atoms with Gasteiger partial charge in [-0.15, -0.1) is 0 Å². The van der Waals surface area contributed by atoms with Gasteiger partial charge >= 0.3 is 0 Å². The standard InChI is InChI=1S/C8H13NOS/c1-6-4-11-5-7(6)8(10)2-3-9/h4-5,8,10H,2-3,9H2,1H3. The third-order valence-corrected chi connectivity index (χ3v) is 2.57. The van der Waals surface area contributed by atoms with Crippen molar-refractivity contribution in [3.63, 3.8) is 0 Å². The second-order valence-corrected chi connectivity index (χ2v) is 3.35. The fraction of sp³-hybridized carbons (Fsp3) is 0.500. The zero-order valence-corrected chi connectivity index (χ0v) is 7.40. The van der Waals surface area contributed by atoms with E-state index in [0.717, 1.165) is 11.1 Å². The van der Waals surface area contributed by atoms with E-state index in [-0.39, 0.29) is 6.10 Å². The van der Waals surface area contributed by atoms with Crippen molar-refractivity contribution in [2.75, 3.05) is 6.54 Å². The minimum atomic E-state index is -0.369. The molecule has 2 nitrogen and oxygen atoms in total. The van der Waals surface area contributed by atoms with Crippen LogP contribution in [-0.4, -0.2) is 11.7 Å². The van der Waals surface area contributed by atoms with Crippen LogP contribution in [0.2, 0.25) is 0 Å². The van der Waals surface area contributed by atoms with Crippen molar-refractivity contribution in [1.82, 2.24) is 0 Å². The van der Waals surface area contributed by atoms with E-state index in [1.807, 2.05) is 17.7 Å². The van der Waals surface area contributed by atoms with Crippen molar-refractivity contribution in [2.24, 2.45) is 5.73 Å². The number of aliphatic hydroxyl groups is 1. The molecule has 1 aromatic heterocycles. The van der Waals surface area contributed by atoms with Crippen molar-refractivity contribution >= 4 is 11.3 Å². The zero-order chi connectivity index (χ0) is 8.27. The van der Waals surface area contributed by atoms with Gasteiger partial charge < -0.3 is 10.8 Å². The van der Waals surface area contributed by atoms with Gasteiger partial charge in [0, 0.05) is 0 Å². The number of thiophene rings is 1. The molecule has 0 aliphatic rings. The molecule has 1 atom stereocenters. The van der Waals surface area contributed by atoms with Gasteiger partial charge in [0.05, 0.1) is 6.10 Å². The fourth-order valence-electron chi connectivity index (χ4n) is 1.03. The highest BCUT2D eigenvalue weighted by atomic mass is 32.1. The minimum absolute atomic E-state index is 0.369. The molecule has 0 aliphatic carbocycles. The molecule has 0 aromatic carbocycles. The molecular weight excluding hydrogens is 158 g/mol. The number of rotatable bonds is 3. The van der Waals surface area contributed by atoms with Gasteiger partial charge in [-0.25, -0.2) is 0 Å². The van der Waals surface area contributed by atoms with Gasteiger partial charge in [0.15, 0.2) is 0 Å². The molecule has 0 fully saturated rings. The Bertz CT molecular complexity index is 222. The summed E-state index contributed by atoms with van der Waals surface area (Å²) < 4.78 is 0. The van der Waals surface area contributed by atoms with E-state index in [2.05, 4.69) is 0 Å². The fourth-order valence-corrected chi connectivity index (χ4v) is 1.92. The Hall–Kier alpha value is -0.380.